The third-order valence-electron chi connectivity index (χ3n) is 5.83. The lowest BCUT2D eigenvalue weighted by atomic mass is 9.96. The van der Waals surface area contributed by atoms with Gasteiger partial charge in [0.15, 0.2) is 0 Å². The number of H-pyrrole nitrogens is 1. The fraction of sp³-hybridized carbons (Fsp3) is 0.174. The number of carbonyl (C=O) groups excluding carboxylic acids is 1. The summed E-state index contributed by atoms with van der Waals surface area (Å²) in [6.45, 7) is 1.32. The maximum Gasteiger partial charge on any atom is 0.346 e. The molecule has 0 aliphatic carbocycles. The van der Waals surface area contributed by atoms with Gasteiger partial charge in [0.1, 0.15) is 17.1 Å². The largest absolute Gasteiger partial charge is 0.394 e. The molecule has 0 bridgehead atoms. The van der Waals surface area contributed by atoms with Gasteiger partial charge in [0.25, 0.3) is 16.8 Å². The van der Waals surface area contributed by atoms with Gasteiger partial charge in [-0.2, -0.15) is 4.98 Å². The van der Waals surface area contributed by atoms with Crippen LogP contribution in [0.3, 0.4) is 0 Å². The fourth-order valence-corrected chi connectivity index (χ4v) is 4.17. The quantitative estimate of drug-likeness (QED) is 0.404. The zero-order valence-electron chi connectivity index (χ0n) is 17.0. The number of fused-ring (bicyclic) bond motifs is 2. The second kappa shape index (κ2) is 7.45. The van der Waals surface area contributed by atoms with E-state index in [2.05, 4.69) is 15.3 Å². The maximum atomic E-state index is 12.7. The number of nitrogens with two attached hydrogens (primary N) is 1. The van der Waals surface area contributed by atoms with Gasteiger partial charge in [0.05, 0.1) is 5.52 Å². The Morgan fingerprint density at radius 2 is 1.91 bits per heavy atom. The van der Waals surface area contributed by atoms with Crippen LogP contribution in [0.25, 0.3) is 10.9 Å². The molecule has 9 nitrogen and oxygen atoms in total. The monoisotopic (exact) mass is 429 g/mol. The Balaban J connectivity index is 1.34. The predicted molar refractivity (Wildman–Crippen MR) is 120 cm³/mol. The Morgan fingerprint density at radius 3 is 2.72 bits per heavy atom. The van der Waals surface area contributed by atoms with Crippen molar-refractivity contribution in [3.63, 3.8) is 0 Å². The molecule has 0 fully saturated rings. The molecule has 4 N–H and O–H groups in total. The number of aromatic nitrogens is 2. The van der Waals surface area contributed by atoms with Gasteiger partial charge in [0.2, 0.25) is 0 Å². The molecule has 1 aliphatic rings. The third-order valence-corrected chi connectivity index (χ3v) is 5.83. The van der Waals surface area contributed by atoms with Crippen LogP contribution in [0, 0.1) is 0 Å². The standard InChI is InChI=1S/C23H19N5O4/c24-17-19(21(30)20(17)29)28-8-7-13-6-5-12(9-14(13)11-28)10-25-22(31)18-15-3-1-2-4-16(15)26-23(32)27-18/h1-6,9H,7-8,10-11,24H2,(H,25,31)(H,26,27,32). The first kappa shape index (κ1) is 19.7. The summed E-state index contributed by atoms with van der Waals surface area (Å²) in [5, 5.41) is 3.39. The highest BCUT2D eigenvalue weighted by Gasteiger charge is 2.26. The number of amides is 1. The van der Waals surface area contributed by atoms with E-state index in [0.717, 1.165) is 23.1 Å². The van der Waals surface area contributed by atoms with Gasteiger partial charge in [-0.1, -0.05) is 36.4 Å². The normalized spacial score (nSPS) is 13.3. The van der Waals surface area contributed by atoms with Crippen molar-refractivity contribution >= 4 is 28.2 Å². The molecule has 0 saturated carbocycles. The Morgan fingerprint density at radius 1 is 1.09 bits per heavy atom. The van der Waals surface area contributed by atoms with Crippen LogP contribution in [0.15, 0.2) is 56.8 Å². The van der Waals surface area contributed by atoms with Gasteiger partial charge in [-0.05, 0) is 29.2 Å². The number of benzene rings is 2. The first-order chi connectivity index (χ1) is 15.4. The van der Waals surface area contributed by atoms with Crippen LogP contribution in [-0.4, -0.2) is 22.4 Å². The van der Waals surface area contributed by atoms with Crippen LogP contribution in [0.1, 0.15) is 27.2 Å². The van der Waals surface area contributed by atoms with Crippen LogP contribution in [0.5, 0.6) is 0 Å². The van der Waals surface area contributed by atoms with Crippen LogP contribution < -0.4 is 32.5 Å². The minimum absolute atomic E-state index is 0.0273. The van der Waals surface area contributed by atoms with E-state index in [4.69, 9.17) is 5.73 Å². The highest BCUT2D eigenvalue weighted by atomic mass is 16.2. The molecule has 0 unspecified atom stereocenters. The van der Waals surface area contributed by atoms with Crippen LogP contribution in [-0.2, 0) is 19.5 Å². The highest BCUT2D eigenvalue weighted by Crippen LogP contribution is 2.26. The molecule has 5 rings (SSSR count). The Kier molecular flexibility index (Phi) is 4.58. The number of nitrogen functional groups attached to an aromatic ring is 1. The van der Waals surface area contributed by atoms with Crippen molar-refractivity contribution in [3.8, 4) is 0 Å². The summed E-state index contributed by atoms with van der Waals surface area (Å²) < 4.78 is 0. The average Bonchev–Trinajstić information content (AvgIpc) is 2.81. The van der Waals surface area contributed by atoms with Crippen molar-refractivity contribution in [1.29, 1.82) is 0 Å². The van der Waals surface area contributed by atoms with Crippen LogP contribution in [0.2, 0.25) is 0 Å². The molecular weight excluding hydrogens is 410 g/mol. The minimum atomic E-state index is -0.622. The molecule has 32 heavy (non-hydrogen) atoms. The zero-order chi connectivity index (χ0) is 22.4. The van der Waals surface area contributed by atoms with Crippen molar-refractivity contribution in [1.82, 2.24) is 15.3 Å². The number of nitrogens with one attached hydrogen (secondary N) is 2. The summed E-state index contributed by atoms with van der Waals surface area (Å²) in [7, 11) is 0. The van der Waals surface area contributed by atoms with Gasteiger partial charge in [-0.15, -0.1) is 0 Å². The Hall–Kier alpha value is -4.27. The lowest BCUT2D eigenvalue weighted by Gasteiger charge is -2.32. The number of hydrogen-bond donors (Lipinski definition) is 3. The van der Waals surface area contributed by atoms with Gasteiger partial charge < -0.3 is 20.9 Å². The summed E-state index contributed by atoms with van der Waals surface area (Å²) in [4.78, 5) is 56.2. The summed E-state index contributed by atoms with van der Waals surface area (Å²) in [6, 6.07) is 12.9. The second-order valence-corrected chi connectivity index (χ2v) is 7.81. The van der Waals surface area contributed by atoms with E-state index < -0.39 is 22.5 Å². The van der Waals surface area contributed by atoms with E-state index in [9.17, 15) is 19.2 Å². The molecule has 9 heteroatoms. The van der Waals surface area contributed by atoms with Crippen molar-refractivity contribution in [2.75, 3.05) is 17.2 Å². The molecule has 4 aromatic rings. The predicted octanol–water partition coefficient (Wildman–Crippen LogP) is 0.594. The molecule has 1 aliphatic heterocycles. The van der Waals surface area contributed by atoms with E-state index in [1.807, 2.05) is 23.1 Å². The fourth-order valence-electron chi connectivity index (χ4n) is 4.17. The van der Waals surface area contributed by atoms with Crippen molar-refractivity contribution in [3.05, 3.63) is 95.8 Å². The topological polar surface area (TPSA) is 138 Å². The van der Waals surface area contributed by atoms with Gasteiger partial charge in [-0.3, -0.25) is 14.4 Å². The number of rotatable bonds is 4. The molecule has 2 heterocycles. The number of hydrogen-bond acceptors (Lipinski definition) is 7. The maximum absolute atomic E-state index is 12.7. The first-order valence-electron chi connectivity index (χ1n) is 10.1. The Labute approximate surface area is 181 Å². The average molecular weight is 429 g/mol. The van der Waals surface area contributed by atoms with Crippen molar-refractivity contribution in [2.24, 2.45) is 0 Å². The van der Waals surface area contributed by atoms with Gasteiger partial charge in [-0.25, -0.2) is 4.79 Å². The van der Waals surface area contributed by atoms with E-state index in [-0.39, 0.29) is 17.9 Å². The molecule has 1 aromatic heterocycles. The summed E-state index contributed by atoms with van der Waals surface area (Å²) in [6.07, 6.45) is 0.725. The molecule has 3 aromatic carbocycles. The van der Waals surface area contributed by atoms with Crippen molar-refractivity contribution < 1.29 is 4.79 Å². The molecule has 0 saturated heterocycles. The molecule has 0 atom stereocenters. The molecule has 1 amide bonds. The number of carbonyl (C=O) groups is 1. The van der Waals surface area contributed by atoms with Crippen LogP contribution in [0.4, 0.5) is 11.4 Å². The third kappa shape index (κ3) is 3.24. The molecule has 0 spiro atoms. The van der Waals surface area contributed by atoms with Gasteiger partial charge >= 0.3 is 5.69 Å². The summed E-state index contributed by atoms with van der Waals surface area (Å²) in [5.41, 5.74) is 7.94. The minimum Gasteiger partial charge on any atom is -0.394 e. The molecule has 0 radical (unpaired) electrons. The summed E-state index contributed by atoms with van der Waals surface area (Å²) >= 11 is 0. The summed E-state index contributed by atoms with van der Waals surface area (Å²) in [5.74, 6) is -0.442. The highest BCUT2D eigenvalue weighted by molar-refractivity contribution is 6.04. The lowest BCUT2D eigenvalue weighted by molar-refractivity contribution is 0.0947. The Bertz CT molecular complexity index is 1510. The number of anilines is 2. The molecular formula is C23H19N5O4. The second-order valence-electron chi connectivity index (χ2n) is 7.81. The van der Waals surface area contributed by atoms with Crippen molar-refractivity contribution in [2.45, 2.75) is 19.5 Å². The van der Waals surface area contributed by atoms with E-state index >= 15 is 0 Å². The number of para-hydroxylation sites is 1. The lowest BCUT2D eigenvalue weighted by Crippen LogP contribution is -2.44. The SMILES string of the molecule is Nc1c(N2CCc3ccc(CNC(=O)c4nc(=O)[nH]c5ccccc45)cc3C2)c(=O)c1=O. The number of nitrogens with zero attached hydrogens (tertiary/aromatic N) is 2. The van der Waals surface area contributed by atoms with Crippen LogP contribution >= 0.6 is 0 Å². The smallest absolute Gasteiger partial charge is 0.346 e. The van der Waals surface area contributed by atoms with Gasteiger partial charge in [0, 0.05) is 25.0 Å². The van der Waals surface area contributed by atoms with E-state index in [1.54, 1.807) is 24.3 Å². The van der Waals surface area contributed by atoms with E-state index in [1.165, 1.54) is 0 Å². The first-order valence-corrected chi connectivity index (χ1v) is 10.1. The molecule has 160 valence electrons. The van der Waals surface area contributed by atoms with E-state index in [0.29, 0.717) is 29.7 Å². The number of aromatic amines is 1. The zero-order valence-corrected chi connectivity index (χ0v) is 17.0.